The molecule has 24 heavy (non-hydrogen) atoms. The largest absolute Gasteiger partial charge is 0.353 e. The topological polar surface area (TPSA) is 61.4 Å². The molecular formula is C18H26FN3O2. The van der Waals surface area contributed by atoms with Gasteiger partial charge in [0.05, 0.1) is 6.54 Å². The van der Waals surface area contributed by atoms with Crippen molar-refractivity contribution in [2.45, 2.75) is 38.6 Å². The van der Waals surface area contributed by atoms with E-state index in [0.717, 1.165) is 13.1 Å². The molecule has 1 aromatic carbocycles. The van der Waals surface area contributed by atoms with Gasteiger partial charge in [-0.25, -0.2) is 4.39 Å². The molecule has 2 N–H and O–H groups in total. The monoisotopic (exact) mass is 335 g/mol. The molecule has 0 spiro atoms. The quantitative estimate of drug-likeness (QED) is 0.835. The summed E-state index contributed by atoms with van der Waals surface area (Å²) in [5, 5.41) is 5.43. The van der Waals surface area contributed by atoms with Crippen LogP contribution < -0.4 is 10.6 Å². The number of amides is 2. The smallest absolute Gasteiger partial charge is 0.251 e. The average Bonchev–Trinajstić information content (AvgIpc) is 2.59. The van der Waals surface area contributed by atoms with Crippen LogP contribution in [0.25, 0.3) is 0 Å². The summed E-state index contributed by atoms with van der Waals surface area (Å²) >= 11 is 0. The van der Waals surface area contributed by atoms with Crippen LogP contribution >= 0.6 is 0 Å². The standard InChI is InChI=1S/C18H26FN3O2/c1-18(2,22-10-4-3-5-11-22)13-21-16(23)12-20-17(24)14-6-8-15(19)9-7-14/h6-9H,3-5,10-13H2,1-2H3,(H,20,24)(H,21,23). The van der Waals surface area contributed by atoms with E-state index in [2.05, 4.69) is 29.4 Å². The van der Waals surface area contributed by atoms with Gasteiger partial charge in [-0.3, -0.25) is 14.5 Å². The molecule has 2 amide bonds. The first-order valence-corrected chi connectivity index (χ1v) is 8.44. The van der Waals surface area contributed by atoms with Crippen molar-refractivity contribution in [1.29, 1.82) is 0 Å². The van der Waals surface area contributed by atoms with Gasteiger partial charge in [0.25, 0.3) is 5.91 Å². The van der Waals surface area contributed by atoms with Crippen LogP contribution in [0.2, 0.25) is 0 Å². The summed E-state index contributed by atoms with van der Waals surface area (Å²) in [5.41, 5.74) is 0.231. The van der Waals surface area contributed by atoms with E-state index < -0.39 is 5.82 Å². The minimum Gasteiger partial charge on any atom is -0.353 e. The van der Waals surface area contributed by atoms with Crippen molar-refractivity contribution in [3.8, 4) is 0 Å². The number of halogens is 1. The minimum absolute atomic E-state index is 0.0910. The van der Waals surface area contributed by atoms with Gasteiger partial charge in [-0.05, 0) is 64.0 Å². The molecule has 0 aromatic heterocycles. The number of hydrogen-bond donors (Lipinski definition) is 2. The Labute approximate surface area is 142 Å². The zero-order valence-corrected chi connectivity index (χ0v) is 14.4. The van der Waals surface area contributed by atoms with Crippen molar-refractivity contribution in [2.24, 2.45) is 0 Å². The van der Waals surface area contributed by atoms with E-state index in [4.69, 9.17) is 0 Å². The number of carbonyl (C=O) groups is 2. The van der Waals surface area contributed by atoms with Gasteiger partial charge in [0.2, 0.25) is 5.91 Å². The molecule has 1 aliphatic heterocycles. The second kappa shape index (κ2) is 8.24. The SMILES string of the molecule is CC(C)(CNC(=O)CNC(=O)c1ccc(F)cc1)N1CCCCC1. The van der Waals surface area contributed by atoms with Gasteiger partial charge >= 0.3 is 0 Å². The highest BCUT2D eigenvalue weighted by molar-refractivity contribution is 5.96. The van der Waals surface area contributed by atoms with Gasteiger partial charge < -0.3 is 10.6 Å². The van der Waals surface area contributed by atoms with Crippen LogP contribution in [0.3, 0.4) is 0 Å². The van der Waals surface area contributed by atoms with Crippen LogP contribution in [-0.4, -0.2) is 48.4 Å². The number of likely N-dealkylation sites (tertiary alicyclic amines) is 1. The lowest BCUT2D eigenvalue weighted by atomic mass is 9.98. The maximum atomic E-state index is 12.8. The molecular weight excluding hydrogens is 309 g/mol. The maximum absolute atomic E-state index is 12.8. The van der Waals surface area contributed by atoms with Crippen molar-refractivity contribution in [2.75, 3.05) is 26.2 Å². The summed E-state index contributed by atoms with van der Waals surface area (Å²) in [7, 11) is 0. The molecule has 0 radical (unpaired) electrons. The molecule has 132 valence electrons. The normalized spacial score (nSPS) is 15.8. The number of rotatable bonds is 6. The lowest BCUT2D eigenvalue weighted by Crippen LogP contribution is -2.54. The van der Waals surface area contributed by atoms with Crippen LogP contribution in [0.15, 0.2) is 24.3 Å². The summed E-state index contributed by atoms with van der Waals surface area (Å²) in [4.78, 5) is 26.2. The third kappa shape index (κ3) is 5.30. The number of hydrogen-bond acceptors (Lipinski definition) is 3. The molecule has 1 aliphatic rings. The van der Waals surface area contributed by atoms with Crippen molar-refractivity contribution >= 4 is 11.8 Å². The van der Waals surface area contributed by atoms with Gasteiger partial charge in [0.1, 0.15) is 5.82 Å². The predicted octanol–water partition coefficient (Wildman–Crippen LogP) is 1.94. The fraction of sp³-hybridized carbons (Fsp3) is 0.556. The average molecular weight is 335 g/mol. The van der Waals surface area contributed by atoms with Crippen molar-refractivity contribution < 1.29 is 14.0 Å². The van der Waals surface area contributed by atoms with Gasteiger partial charge in [-0.15, -0.1) is 0 Å². The Kier molecular flexibility index (Phi) is 6.31. The summed E-state index contributed by atoms with van der Waals surface area (Å²) in [5.74, 6) is -1.01. The highest BCUT2D eigenvalue weighted by Gasteiger charge is 2.28. The molecule has 6 heteroatoms. The third-order valence-corrected chi connectivity index (χ3v) is 4.45. The Morgan fingerprint density at radius 3 is 2.33 bits per heavy atom. The van der Waals surface area contributed by atoms with Gasteiger partial charge in [0, 0.05) is 17.6 Å². The van der Waals surface area contributed by atoms with E-state index in [-0.39, 0.29) is 23.9 Å². The van der Waals surface area contributed by atoms with Crippen LogP contribution in [0.1, 0.15) is 43.5 Å². The van der Waals surface area contributed by atoms with Crippen LogP contribution in [0, 0.1) is 5.82 Å². The first-order chi connectivity index (χ1) is 11.4. The molecule has 1 fully saturated rings. The second-order valence-corrected chi connectivity index (χ2v) is 6.83. The van der Waals surface area contributed by atoms with Crippen molar-refractivity contribution in [1.82, 2.24) is 15.5 Å². The number of carbonyl (C=O) groups excluding carboxylic acids is 2. The number of piperidine rings is 1. The summed E-state index contributed by atoms with van der Waals surface area (Å²) in [6.45, 7) is 6.81. The molecule has 1 heterocycles. The zero-order chi connectivity index (χ0) is 17.6. The van der Waals surface area contributed by atoms with Gasteiger partial charge in [-0.2, -0.15) is 0 Å². The third-order valence-electron chi connectivity index (χ3n) is 4.45. The van der Waals surface area contributed by atoms with E-state index in [1.54, 1.807) is 0 Å². The molecule has 0 unspecified atom stereocenters. The molecule has 5 nitrogen and oxygen atoms in total. The van der Waals surface area contributed by atoms with E-state index in [1.165, 1.54) is 43.5 Å². The Balaban J connectivity index is 1.74. The Morgan fingerprint density at radius 1 is 1.08 bits per heavy atom. The van der Waals surface area contributed by atoms with Gasteiger partial charge in [0.15, 0.2) is 0 Å². The Morgan fingerprint density at radius 2 is 1.71 bits per heavy atom. The van der Waals surface area contributed by atoms with Gasteiger partial charge in [-0.1, -0.05) is 6.42 Å². The molecule has 0 saturated carbocycles. The van der Waals surface area contributed by atoms with Crippen LogP contribution in [-0.2, 0) is 4.79 Å². The highest BCUT2D eigenvalue weighted by atomic mass is 19.1. The van der Waals surface area contributed by atoms with Crippen LogP contribution in [0.4, 0.5) is 4.39 Å². The summed E-state index contributed by atoms with van der Waals surface area (Å²) < 4.78 is 12.8. The van der Waals surface area contributed by atoms with Crippen molar-refractivity contribution in [3.63, 3.8) is 0 Å². The lowest BCUT2D eigenvalue weighted by Gasteiger charge is -2.41. The van der Waals surface area contributed by atoms with Crippen LogP contribution in [0.5, 0.6) is 0 Å². The van der Waals surface area contributed by atoms with Crippen molar-refractivity contribution in [3.05, 3.63) is 35.6 Å². The first-order valence-electron chi connectivity index (χ1n) is 8.44. The molecule has 0 atom stereocenters. The highest BCUT2D eigenvalue weighted by Crippen LogP contribution is 2.19. The maximum Gasteiger partial charge on any atom is 0.251 e. The molecule has 2 rings (SSSR count). The first kappa shape index (κ1) is 18.4. The minimum atomic E-state index is -0.399. The fourth-order valence-electron chi connectivity index (χ4n) is 2.85. The molecule has 0 aliphatic carbocycles. The van der Waals surface area contributed by atoms with E-state index >= 15 is 0 Å². The molecule has 1 saturated heterocycles. The number of benzene rings is 1. The van der Waals surface area contributed by atoms with E-state index in [0.29, 0.717) is 12.1 Å². The van der Waals surface area contributed by atoms with E-state index in [1.807, 2.05) is 0 Å². The molecule has 1 aromatic rings. The summed E-state index contributed by atoms with van der Waals surface area (Å²) in [6, 6.07) is 5.22. The second-order valence-electron chi connectivity index (χ2n) is 6.83. The Hall–Kier alpha value is -1.95. The fourth-order valence-corrected chi connectivity index (χ4v) is 2.85. The number of nitrogens with zero attached hydrogens (tertiary/aromatic N) is 1. The number of nitrogens with one attached hydrogen (secondary N) is 2. The summed E-state index contributed by atoms with van der Waals surface area (Å²) in [6.07, 6.45) is 3.67. The van der Waals surface area contributed by atoms with E-state index in [9.17, 15) is 14.0 Å². The zero-order valence-electron chi connectivity index (χ0n) is 14.4. The Bertz CT molecular complexity index is 566. The predicted molar refractivity (Wildman–Crippen MR) is 91.2 cm³/mol. The molecule has 0 bridgehead atoms. The lowest BCUT2D eigenvalue weighted by molar-refractivity contribution is -0.120.